The third kappa shape index (κ3) is 2.53. The number of aryl methyl sites for hydroxylation is 1. The van der Waals surface area contributed by atoms with E-state index in [0.29, 0.717) is 0 Å². The molecule has 2 aromatic heterocycles. The summed E-state index contributed by atoms with van der Waals surface area (Å²) in [6, 6.07) is 4.95. The van der Waals surface area contributed by atoms with Gasteiger partial charge in [0, 0.05) is 24.8 Å². The zero-order chi connectivity index (χ0) is 16.0. The van der Waals surface area contributed by atoms with E-state index in [4.69, 9.17) is 0 Å². The largest absolute Gasteiger partial charge is 0.341 e. The Morgan fingerprint density at radius 3 is 3.04 bits per heavy atom. The van der Waals surface area contributed by atoms with Crippen molar-refractivity contribution in [1.82, 2.24) is 24.6 Å². The maximum atomic E-state index is 13.4. The van der Waals surface area contributed by atoms with Gasteiger partial charge in [0.25, 0.3) is 0 Å². The van der Waals surface area contributed by atoms with Crippen molar-refractivity contribution in [1.29, 1.82) is 0 Å². The van der Waals surface area contributed by atoms with Crippen molar-refractivity contribution in [2.24, 2.45) is 7.05 Å². The molecule has 1 aliphatic rings. The SMILES string of the molecule is Cc1c(CN2CCC[C@@H]2c2nc3ccc(F)cc3[nH]2)cnn1C. The van der Waals surface area contributed by atoms with Gasteiger partial charge in [-0.3, -0.25) is 9.58 Å². The minimum absolute atomic E-state index is 0.234. The standard InChI is InChI=1S/C17H20FN5/c1-11-12(9-19-22(11)2)10-23-7-3-4-16(23)17-20-14-6-5-13(18)8-15(14)21-17/h5-6,8-9,16H,3-4,7,10H2,1-2H3,(H,20,21)/t16-/m1/s1. The number of aromatic nitrogens is 4. The van der Waals surface area contributed by atoms with Crippen LogP contribution in [0.25, 0.3) is 11.0 Å². The molecule has 0 radical (unpaired) electrons. The van der Waals surface area contributed by atoms with Crippen molar-refractivity contribution in [3.05, 3.63) is 47.3 Å². The van der Waals surface area contributed by atoms with Crippen LogP contribution in [0.3, 0.4) is 0 Å². The van der Waals surface area contributed by atoms with E-state index in [1.54, 1.807) is 6.07 Å². The fraction of sp³-hybridized carbons (Fsp3) is 0.412. The third-order valence-corrected chi connectivity index (χ3v) is 4.85. The highest BCUT2D eigenvalue weighted by atomic mass is 19.1. The molecule has 0 spiro atoms. The molecular formula is C17H20FN5. The molecule has 1 aromatic carbocycles. The number of fused-ring (bicyclic) bond motifs is 1. The number of likely N-dealkylation sites (tertiary alicyclic amines) is 1. The Morgan fingerprint density at radius 1 is 1.39 bits per heavy atom. The van der Waals surface area contributed by atoms with Crippen LogP contribution in [0.2, 0.25) is 0 Å². The Morgan fingerprint density at radius 2 is 2.26 bits per heavy atom. The summed E-state index contributed by atoms with van der Waals surface area (Å²) in [5.74, 6) is 0.701. The molecule has 23 heavy (non-hydrogen) atoms. The zero-order valence-corrected chi connectivity index (χ0v) is 13.4. The first-order chi connectivity index (χ1) is 11.1. The van der Waals surface area contributed by atoms with E-state index in [-0.39, 0.29) is 11.9 Å². The predicted molar refractivity (Wildman–Crippen MR) is 86.4 cm³/mol. The van der Waals surface area contributed by atoms with Gasteiger partial charge in [-0.25, -0.2) is 9.37 Å². The van der Waals surface area contributed by atoms with Crippen molar-refractivity contribution in [2.45, 2.75) is 32.4 Å². The Bertz CT molecular complexity index is 850. The summed E-state index contributed by atoms with van der Waals surface area (Å²) in [6.45, 7) is 4.01. The van der Waals surface area contributed by atoms with Gasteiger partial charge in [0.15, 0.2) is 0 Å². The predicted octanol–water partition coefficient (Wildman–Crippen LogP) is 3.08. The number of hydrogen-bond donors (Lipinski definition) is 1. The molecule has 4 rings (SSSR count). The molecule has 3 aromatic rings. The quantitative estimate of drug-likeness (QED) is 0.808. The van der Waals surface area contributed by atoms with Gasteiger partial charge in [-0.05, 0) is 44.5 Å². The van der Waals surface area contributed by atoms with Gasteiger partial charge in [-0.1, -0.05) is 0 Å². The summed E-state index contributed by atoms with van der Waals surface area (Å²) in [7, 11) is 1.97. The molecule has 1 atom stereocenters. The van der Waals surface area contributed by atoms with Gasteiger partial charge < -0.3 is 4.98 Å². The van der Waals surface area contributed by atoms with Gasteiger partial charge in [0.1, 0.15) is 11.6 Å². The van der Waals surface area contributed by atoms with Gasteiger partial charge in [-0.15, -0.1) is 0 Å². The van der Waals surface area contributed by atoms with Gasteiger partial charge in [-0.2, -0.15) is 5.10 Å². The minimum atomic E-state index is -0.234. The molecule has 3 heterocycles. The van der Waals surface area contributed by atoms with E-state index in [1.165, 1.54) is 23.4 Å². The Labute approximate surface area is 134 Å². The molecule has 1 aliphatic heterocycles. The molecule has 0 unspecified atom stereocenters. The molecule has 1 fully saturated rings. The second-order valence-corrected chi connectivity index (χ2v) is 6.29. The van der Waals surface area contributed by atoms with Crippen LogP contribution in [0.5, 0.6) is 0 Å². The van der Waals surface area contributed by atoms with E-state index in [2.05, 4.69) is 26.9 Å². The van der Waals surface area contributed by atoms with E-state index < -0.39 is 0 Å². The summed E-state index contributed by atoms with van der Waals surface area (Å²) >= 11 is 0. The number of aromatic amines is 1. The molecule has 0 saturated carbocycles. The van der Waals surface area contributed by atoms with Crippen molar-refractivity contribution in [3.8, 4) is 0 Å². The highest BCUT2D eigenvalue weighted by Gasteiger charge is 2.29. The smallest absolute Gasteiger partial charge is 0.125 e. The molecule has 120 valence electrons. The monoisotopic (exact) mass is 313 g/mol. The van der Waals surface area contributed by atoms with Crippen LogP contribution in [0.4, 0.5) is 4.39 Å². The number of halogens is 1. The summed E-state index contributed by atoms with van der Waals surface area (Å²) < 4.78 is 15.3. The third-order valence-electron chi connectivity index (χ3n) is 4.85. The second kappa shape index (κ2) is 5.45. The van der Waals surface area contributed by atoms with Crippen LogP contribution in [0, 0.1) is 12.7 Å². The number of nitrogens with one attached hydrogen (secondary N) is 1. The zero-order valence-electron chi connectivity index (χ0n) is 13.4. The minimum Gasteiger partial charge on any atom is -0.341 e. The second-order valence-electron chi connectivity index (χ2n) is 6.29. The number of imidazole rings is 1. The van der Waals surface area contributed by atoms with E-state index in [1.807, 2.05) is 17.9 Å². The molecule has 1 saturated heterocycles. The molecule has 0 amide bonds. The lowest BCUT2D eigenvalue weighted by atomic mass is 10.2. The Hall–Kier alpha value is -2.21. The van der Waals surface area contributed by atoms with Crippen LogP contribution in [0.1, 0.15) is 36.0 Å². The lowest BCUT2D eigenvalue weighted by molar-refractivity contribution is 0.240. The Balaban J connectivity index is 1.62. The molecule has 0 bridgehead atoms. The van der Waals surface area contributed by atoms with Crippen LogP contribution in [-0.4, -0.2) is 31.2 Å². The highest BCUT2D eigenvalue weighted by molar-refractivity contribution is 5.75. The average molecular weight is 313 g/mol. The lowest BCUT2D eigenvalue weighted by Crippen LogP contribution is -2.23. The Kier molecular flexibility index (Phi) is 3.41. The number of H-pyrrole nitrogens is 1. The van der Waals surface area contributed by atoms with Crippen LogP contribution >= 0.6 is 0 Å². The topological polar surface area (TPSA) is 49.7 Å². The van der Waals surface area contributed by atoms with E-state index in [0.717, 1.165) is 42.8 Å². The summed E-state index contributed by atoms with van der Waals surface area (Å²) in [5.41, 5.74) is 4.04. The normalized spacial score (nSPS) is 19.0. The number of hydrogen-bond acceptors (Lipinski definition) is 3. The summed E-state index contributed by atoms with van der Waals surface area (Å²) in [6.07, 6.45) is 4.16. The molecular weight excluding hydrogens is 293 g/mol. The number of nitrogens with zero attached hydrogens (tertiary/aromatic N) is 4. The first-order valence-electron chi connectivity index (χ1n) is 7.98. The first kappa shape index (κ1) is 14.4. The highest BCUT2D eigenvalue weighted by Crippen LogP contribution is 2.33. The van der Waals surface area contributed by atoms with Crippen molar-refractivity contribution in [2.75, 3.05) is 6.54 Å². The summed E-state index contributed by atoms with van der Waals surface area (Å²) in [4.78, 5) is 10.4. The molecule has 6 heteroatoms. The van der Waals surface area contributed by atoms with Gasteiger partial charge in [0.2, 0.25) is 0 Å². The fourth-order valence-corrected chi connectivity index (χ4v) is 3.40. The van der Waals surface area contributed by atoms with Crippen LogP contribution in [-0.2, 0) is 13.6 Å². The van der Waals surface area contributed by atoms with Crippen molar-refractivity contribution >= 4 is 11.0 Å². The van der Waals surface area contributed by atoms with E-state index >= 15 is 0 Å². The average Bonchev–Trinajstić information content (AvgIpc) is 3.22. The molecule has 1 N–H and O–H groups in total. The van der Waals surface area contributed by atoms with Gasteiger partial charge in [0.05, 0.1) is 23.3 Å². The van der Waals surface area contributed by atoms with E-state index in [9.17, 15) is 4.39 Å². The van der Waals surface area contributed by atoms with Crippen molar-refractivity contribution in [3.63, 3.8) is 0 Å². The first-order valence-corrected chi connectivity index (χ1v) is 7.98. The fourth-order valence-electron chi connectivity index (χ4n) is 3.40. The van der Waals surface area contributed by atoms with Crippen molar-refractivity contribution < 1.29 is 4.39 Å². The summed E-state index contributed by atoms with van der Waals surface area (Å²) in [5, 5.41) is 4.33. The van der Waals surface area contributed by atoms with Crippen LogP contribution < -0.4 is 0 Å². The van der Waals surface area contributed by atoms with Crippen LogP contribution in [0.15, 0.2) is 24.4 Å². The van der Waals surface area contributed by atoms with Gasteiger partial charge >= 0.3 is 0 Å². The number of rotatable bonds is 3. The lowest BCUT2D eigenvalue weighted by Gasteiger charge is -2.22. The molecule has 0 aliphatic carbocycles. The number of benzene rings is 1. The maximum Gasteiger partial charge on any atom is 0.125 e. The maximum absolute atomic E-state index is 13.4. The molecule has 5 nitrogen and oxygen atoms in total.